The van der Waals surface area contributed by atoms with Crippen LogP contribution in [0.1, 0.15) is 35.1 Å². The van der Waals surface area contributed by atoms with Crippen molar-refractivity contribution >= 4 is 28.7 Å². The van der Waals surface area contributed by atoms with Gasteiger partial charge in [0.1, 0.15) is 12.2 Å². The van der Waals surface area contributed by atoms with Crippen LogP contribution in [0.15, 0.2) is 75.9 Å². The van der Waals surface area contributed by atoms with Gasteiger partial charge < -0.3 is 13.9 Å². The molecule has 0 atom stereocenters. The average Bonchev–Trinajstić information content (AvgIpc) is 3.19. The molecule has 1 heterocycles. The Hall–Kier alpha value is -4.39. The number of fused-ring (bicyclic) bond motifs is 4. The van der Waals surface area contributed by atoms with Crippen molar-refractivity contribution in [1.82, 2.24) is 0 Å². The molecule has 0 aliphatic heterocycles. The van der Waals surface area contributed by atoms with Gasteiger partial charge in [-0.15, -0.1) is 0 Å². The van der Waals surface area contributed by atoms with Crippen LogP contribution in [0, 0.1) is 6.92 Å². The minimum atomic E-state index is -0.605. The second-order valence-electron chi connectivity index (χ2n) is 8.64. The van der Waals surface area contributed by atoms with E-state index < -0.39 is 17.7 Å². The van der Waals surface area contributed by atoms with Gasteiger partial charge in [-0.25, -0.2) is 9.59 Å². The molecule has 1 amide bonds. The largest absolute Gasteiger partial charge is 0.466 e. The zero-order chi connectivity index (χ0) is 25.2. The minimum absolute atomic E-state index is 0.0433. The van der Waals surface area contributed by atoms with E-state index in [1.165, 1.54) is 0 Å². The molecule has 0 unspecified atom stereocenters. The van der Waals surface area contributed by atoms with Crippen molar-refractivity contribution in [1.29, 1.82) is 0 Å². The molecule has 1 aliphatic carbocycles. The highest BCUT2D eigenvalue weighted by atomic mass is 16.5. The Bertz CT molecular complexity index is 1490. The molecular weight excluding hydrogens is 458 g/mol. The van der Waals surface area contributed by atoms with Gasteiger partial charge in [-0.3, -0.25) is 10.1 Å². The SMILES string of the molecule is CCOC(=O)Cc1c(C)c2ccc(NC(=O)OCC3c4ccccc4-c4ccccc43)cc2oc1=O. The van der Waals surface area contributed by atoms with Gasteiger partial charge in [0.25, 0.3) is 0 Å². The molecule has 4 aromatic rings. The highest BCUT2D eigenvalue weighted by Gasteiger charge is 2.29. The number of ether oxygens (including phenoxy) is 2. The molecular formula is C29H25NO6. The second-order valence-corrected chi connectivity index (χ2v) is 8.64. The van der Waals surface area contributed by atoms with Gasteiger partial charge >= 0.3 is 17.7 Å². The number of esters is 1. The number of benzene rings is 3. The summed E-state index contributed by atoms with van der Waals surface area (Å²) in [5.74, 6) is -0.529. The van der Waals surface area contributed by atoms with Crippen LogP contribution in [0.25, 0.3) is 22.1 Å². The first-order valence-corrected chi connectivity index (χ1v) is 11.8. The van der Waals surface area contributed by atoms with E-state index >= 15 is 0 Å². The molecule has 0 saturated carbocycles. The molecule has 0 spiro atoms. The van der Waals surface area contributed by atoms with Crippen molar-refractivity contribution in [3.05, 3.63) is 99.4 Å². The van der Waals surface area contributed by atoms with E-state index in [0.717, 1.165) is 22.3 Å². The molecule has 182 valence electrons. The summed E-state index contributed by atoms with van der Waals surface area (Å²) < 4.78 is 16.0. The van der Waals surface area contributed by atoms with Crippen LogP contribution in [-0.2, 0) is 20.7 Å². The molecule has 7 heteroatoms. The van der Waals surface area contributed by atoms with Gasteiger partial charge in [0.2, 0.25) is 0 Å². The Balaban J connectivity index is 1.31. The Morgan fingerprint density at radius 2 is 1.61 bits per heavy atom. The molecule has 3 aromatic carbocycles. The molecule has 0 saturated heterocycles. The van der Waals surface area contributed by atoms with Crippen molar-refractivity contribution < 1.29 is 23.5 Å². The maximum absolute atomic E-state index is 12.6. The smallest absolute Gasteiger partial charge is 0.411 e. The molecule has 0 fully saturated rings. The fraction of sp³-hybridized carbons (Fsp3) is 0.207. The summed E-state index contributed by atoms with van der Waals surface area (Å²) in [5, 5.41) is 3.38. The Morgan fingerprint density at radius 1 is 0.944 bits per heavy atom. The molecule has 1 N–H and O–H groups in total. The van der Waals surface area contributed by atoms with Gasteiger partial charge in [-0.1, -0.05) is 48.5 Å². The first-order chi connectivity index (χ1) is 17.5. The van der Waals surface area contributed by atoms with E-state index in [0.29, 0.717) is 22.2 Å². The monoisotopic (exact) mass is 483 g/mol. The standard InChI is InChI=1S/C29H25NO6/c1-3-34-27(31)15-24-17(2)19-13-12-18(14-26(19)36-28(24)32)30-29(33)35-16-25-22-10-6-4-8-20(22)21-9-5-7-11-23(21)25/h4-14,25H,3,15-16H2,1-2H3,(H,30,33). The van der Waals surface area contributed by atoms with E-state index in [1.54, 1.807) is 32.0 Å². The third-order valence-corrected chi connectivity index (χ3v) is 6.50. The fourth-order valence-electron chi connectivity index (χ4n) is 4.78. The van der Waals surface area contributed by atoms with Gasteiger partial charge in [0.05, 0.1) is 18.6 Å². The highest BCUT2D eigenvalue weighted by molar-refractivity contribution is 5.91. The first kappa shape index (κ1) is 23.4. The molecule has 36 heavy (non-hydrogen) atoms. The lowest BCUT2D eigenvalue weighted by atomic mass is 9.98. The number of hydrogen-bond acceptors (Lipinski definition) is 6. The number of aryl methyl sites for hydroxylation is 1. The van der Waals surface area contributed by atoms with Crippen LogP contribution in [0.4, 0.5) is 10.5 Å². The maximum atomic E-state index is 12.6. The summed E-state index contributed by atoms with van der Waals surface area (Å²) >= 11 is 0. The number of rotatable bonds is 6. The summed E-state index contributed by atoms with van der Waals surface area (Å²) in [4.78, 5) is 37.0. The lowest BCUT2D eigenvalue weighted by Gasteiger charge is -2.15. The normalized spacial score (nSPS) is 12.2. The molecule has 0 bridgehead atoms. The van der Waals surface area contributed by atoms with E-state index in [-0.39, 0.29) is 31.1 Å². The summed E-state index contributed by atoms with van der Waals surface area (Å²) in [6.07, 6.45) is -0.758. The third kappa shape index (κ3) is 4.35. The topological polar surface area (TPSA) is 94.8 Å². The molecule has 5 rings (SSSR count). The molecule has 1 aliphatic rings. The van der Waals surface area contributed by atoms with Crippen molar-refractivity contribution in [3.63, 3.8) is 0 Å². The first-order valence-electron chi connectivity index (χ1n) is 11.8. The van der Waals surface area contributed by atoms with E-state index in [1.807, 2.05) is 24.3 Å². The number of anilines is 1. The fourth-order valence-corrected chi connectivity index (χ4v) is 4.78. The second kappa shape index (κ2) is 9.70. The van der Waals surface area contributed by atoms with Crippen molar-refractivity contribution in [2.24, 2.45) is 0 Å². The maximum Gasteiger partial charge on any atom is 0.411 e. The molecule has 7 nitrogen and oxygen atoms in total. The van der Waals surface area contributed by atoms with Crippen LogP contribution in [-0.4, -0.2) is 25.3 Å². The third-order valence-electron chi connectivity index (χ3n) is 6.50. The minimum Gasteiger partial charge on any atom is -0.466 e. The molecule has 0 radical (unpaired) electrons. The Morgan fingerprint density at radius 3 is 2.28 bits per heavy atom. The van der Waals surface area contributed by atoms with Crippen molar-refractivity contribution in [2.45, 2.75) is 26.2 Å². The van der Waals surface area contributed by atoms with E-state index in [2.05, 4.69) is 29.6 Å². The number of carbonyl (C=O) groups excluding carboxylic acids is 2. The van der Waals surface area contributed by atoms with Crippen LogP contribution >= 0.6 is 0 Å². The van der Waals surface area contributed by atoms with Crippen LogP contribution < -0.4 is 10.9 Å². The van der Waals surface area contributed by atoms with Gasteiger partial charge in [0.15, 0.2) is 0 Å². The number of carbonyl (C=O) groups is 2. The van der Waals surface area contributed by atoms with Gasteiger partial charge in [-0.05, 0) is 53.8 Å². The zero-order valence-corrected chi connectivity index (χ0v) is 20.0. The lowest BCUT2D eigenvalue weighted by Crippen LogP contribution is -2.18. The predicted octanol–water partition coefficient (Wildman–Crippen LogP) is 5.57. The Labute approximate surface area is 207 Å². The predicted molar refractivity (Wildman–Crippen MR) is 136 cm³/mol. The lowest BCUT2D eigenvalue weighted by molar-refractivity contribution is -0.142. The number of amides is 1. The zero-order valence-electron chi connectivity index (χ0n) is 20.0. The van der Waals surface area contributed by atoms with Crippen LogP contribution in [0.5, 0.6) is 0 Å². The average molecular weight is 484 g/mol. The Kier molecular flexibility index (Phi) is 6.29. The number of hydrogen-bond donors (Lipinski definition) is 1. The van der Waals surface area contributed by atoms with Crippen LogP contribution in [0.2, 0.25) is 0 Å². The summed E-state index contributed by atoms with van der Waals surface area (Å²) in [6.45, 7) is 3.89. The van der Waals surface area contributed by atoms with Crippen molar-refractivity contribution in [2.75, 3.05) is 18.5 Å². The molecule has 1 aromatic heterocycles. The van der Waals surface area contributed by atoms with Crippen LogP contribution in [0.3, 0.4) is 0 Å². The van der Waals surface area contributed by atoms with Gasteiger partial charge in [0, 0.05) is 23.1 Å². The quantitative estimate of drug-likeness (QED) is 0.285. The summed E-state index contributed by atoms with van der Waals surface area (Å²) in [7, 11) is 0. The van der Waals surface area contributed by atoms with Gasteiger partial charge in [-0.2, -0.15) is 0 Å². The van der Waals surface area contributed by atoms with Crippen molar-refractivity contribution in [3.8, 4) is 11.1 Å². The number of nitrogens with one attached hydrogen (secondary N) is 1. The summed E-state index contributed by atoms with van der Waals surface area (Å²) in [6, 6.07) is 21.3. The van der Waals surface area contributed by atoms with E-state index in [9.17, 15) is 14.4 Å². The van der Waals surface area contributed by atoms with E-state index in [4.69, 9.17) is 13.9 Å². The summed E-state index contributed by atoms with van der Waals surface area (Å²) in [5.41, 5.74) is 5.61. The highest BCUT2D eigenvalue weighted by Crippen LogP contribution is 2.44.